The van der Waals surface area contributed by atoms with E-state index in [1.165, 1.54) is 13.8 Å². The summed E-state index contributed by atoms with van der Waals surface area (Å²) in [5.74, 6) is -1.11. The molecule has 1 N–H and O–H groups in total. The average Bonchev–Trinajstić information content (AvgIpc) is 1.65. The topological polar surface area (TPSA) is 60.4 Å². The molecule has 3 nitrogen and oxygen atoms in total. The molecule has 0 aromatic rings. The van der Waals surface area contributed by atoms with E-state index < -0.39 is 11.4 Å². The van der Waals surface area contributed by atoms with Gasteiger partial charge >= 0.3 is 18.9 Å². The van der Waals surface area contributed by atoms with Gasteiger partial charge < -0.3 is 15.0 Å². The molecule has 0 heterocycles. The molecule has 54 valence electrons. The number of carboxylic acid groups (broad SMARTS) is 1. The predicted molar refractivity (Wildman–Crippen MR) is 30.5 cm³/mol. The molecule has 0 bridgehead atoms. The van der Waals surface area contributed by atoms with Gasteiger partial charge in [-0.25, -0.2) is 0 Å². The van der Waals surface area contributed by atoms with Crippen LogP contribution >= 0.6 is 0 Å². The van der Waals surface area contributed by atoms with E-state index in [1.54, 1.807) is 0 Å². The smallest absolute Gasteiger partial charge is 0.550 e. The summed E-state index contributed by atoms with van der Waals surface area (Å²) < 4.78 is 0. The number of carbonyl (C=O) groups excluding carboxylic acids is 1. The Morgan fingerprint density at radius 3 is 2.10 bits per heavy atom. The molecule has 0 fully saturated rings. The second-order valence-corrected chi connectivity index (χ2v) is 2.64. The van der Waals surface area contributed by atoms with Crippen LogP contribution < -0.4 is 24.0 Å². The molecule has 0 aromatic heterocycles. The van der Waals surface area contributed by atoms with Crippen LogP contribution in [0.5, 0.6) is 0 Å². The van der Waals surface area contributed by atoms with E-state index in [2.05, 4.69) is 0 Å². The van der Waals surface area contributed by atoms with Gasteiger partial charge in [-0.2, -0.15) is 0 Å². The summed E-state index contributed by atoms with van der Waals surface area (Å²) in [6.07, 6.45) is 0.245. The van der Waals surface area contributed by atoms with Crippen LogP contribution in [-0.2, 0) is 4.79 Å². The normalized spacial score (nSPS) is 10.3. The fourth-order valence-corrected chi connectivity index (χ4v) is 0.382. The minimum atomic E-state index is -1.11. The van der Waals surface area contributed by atoms with E-state index >= 15 is 0 Å². The van der Waals surface area contributed by atoms with Crippen molar-refractivity contribution in [2.24, 2.45) is 5.41 Å². The molecule has 0 amide bonds. The van der Waals surface area contributed by atoms with E-state index in [1.807, 2.05) is 0 Å². The van der Waals surface area contributed by atoms with Crippen LogP contribution in [-0.4, -0.2) is 17.7 Å². The number of aliphatic hydroxyl groups is 1. The van der Waals surface area contributed by atoms with Gasteiger partial charge in [0.2, 0.25) is 0 Å². The van der Waals surface area contributed by atoms with Crippen molar-refractivity contribution >= 4 is 5.97 Å². The van der Waals surface area contributed by atoms with Crippen molar-refractivity contribution in [1.29, 1.82) is 0 Å². The maximum absolute atomic E-state index is 10.2. The zero-order valence-corrected chi connectivity index (χ0v) is 6.68. The Kier molecular flexibility index (Phi) is 6.07. The van der Waals surface area contributed by atoms with E-state index in [4.69, 9.17) is 5.11 Å². The number of carboxylic acids is 1. The quantitative estimate of drug-likeness (QED) is 0.406. The zero-order valence-electron chi connectivity index (χ0n) is 6.68. The molecule has 0 aromatic carbocycles. The van der Waals surface area contributed by atoms with Crippen LogP contribution in [0.15, 0.2) is 0 Å². The summed E-state index contributed by atoms with van der Waals surface area (Å²) in [5.41, 5.74) is -0.894. The minimum absolute atomic E-state index is 0. The summed E-state index contributed by atoms with van der Waals surface area (Å²) >= 11 is 0. The fraction of sp³-hybridized carbons (Fsp3) is 0.833. The molecule has 0 radical (unpaired) electrons. The van der Waals surface area contributed by atoms with Crippen molar-refractivity contribution in [3.63, 3.8) is 0 Å². The van der Waals surface area contributed by atoms with Gasteiger partial charge in [0.15, 0.2) is 0 Å². The SMILES string of the molecule is CC(C)(CCO)C(=O)[O-].[Li+]. The molecule has 0 unspecified atom stereocenters. The molecule has 0 aliphatic rings. The second kappa shape index (κ2) is 4.78. The maximum atomic E-state index is 10.2. The van der Waals surface area contributed by atoms with Crippen LogP contribution in [0.25, 0.3) is 0 Å². The molecule has 10 heavy (non-hydrogen) atoms. The van der Waals surface area contributed by atoms with E-state index in [0.717, 1.165) is 0 Å². The molecule has 4 heteroatoms. The standard InChI is InChI=1S/C6H12O3.Li/c1-6(2,3-4-7)5(8)9;/h7H,3-4H2,1-2H3,(H,8,9);/q;+1/p-1. The van der Waals surface area contributed by atoms with Gasteiger partial charge in [-0.1, -0.05) is 13.8 Å². The summed E-state index contributed by atoms with van der Waals surface area (Å²) in [4.78, 5) is 10.2. The van der Waals surface area contributed by atoms with Crippen molar-refractivity contribution < 1.29 is 33.9 Å². The first-order valence-electron chi connectivity index (χ1n) is 2.83. The summed E-state index contributed by atoms with van der Waals surface area (Å²) in [7, 11) is 0. The van der Waals surface area contributed by atoms with Crippen LogP contribution in [0.4, 0.5) is 0 Å². The summed E-state index contributed by atoms with van der Waals surface area (Å²) in [6.45, 7) is 2.94. The Hall–Kier alpha value is 0.0274. The first kappa shape index (κ1) is 12.7. The number of rotatable bonds is 3. The molecule has 0 saturated carbocycles. The molecular weight excluding hydrogens is 127 g/mol. The first-order chi connectivity index (χ1) is 4.00. The molecule has 0 spiro atoms. The van der Waals surface area contributed by atoms with Crippen molar-refractivity contribution in [2.75, 3.05) is 6.61 Å². The largest absolute Gasteiger partial charge is 1.00 e. The molecule has 0 rings (SSSR count). The Balaban J connectivity index is 0. The third-order valence-electron chi connectivity index (χ3n) is 1.29. The van der Waals surface area contributed by atoms with Crippen LogP contribution in [0.1, 0.15) is 20.3 Å². The van der Waals surface area contributed by atoms with Gasteiger partial charge in [0, 0.05) is 18.0 Å². The Bertz CT molecular complexity index is 112. The molecule has 0 aliphatic carbocycles. The van der Waals surface area contributed by atoms with E-state index in [9.17, 15) is 9.90 Å². The van der Waals surface area contributed by atoms with Crippen LogP contribution in [0.3, 0.4) is 0 Å². The molecule has 0 aliphatic heterocycles. The molecule has 0 atom stereocenters. The monoisotopic (exact) mass is 138 g/mol. The number of aliphatic hydroxyl groups excluding tert-OH is 1. The van der Waals surface area contributed by atoms with E-state index in [0.29, 0.717) is 0 Å². The van der Waals surface area contributed by atoms with Gasteiger partial charge in [-0.05, 0) is 6.42 Å². The van der Waals surface area contributed by atoms with E-state index in [-0.39, 0.29) is 31.9 Å². The van der Waals surface area contributed by atoms with Crippen molar-refractivity contribution in [3.8, 4) is 0 Å². The fourth-order valence-electron chi connectivity index (χ4n) is 0.382. The number of carbonyl (C=O) groups is 1. The van der Waals surface area contributed by atoms with Crippen molar-refractivity contribution in [3.05, 3.63) is 0 Å². The minimum Gasteiger partial charge on any atom is -0.550 e. The van der Waals surface area contributed by atoms with Crippen molar-refractivity contribution in [2.45, 2.75) is 20.3 Å². The average molecular weight is 138 g/mol. The van der Waals surface area contributed by atoms with Gasteiger partial charge in [0.1, 0.15) is 0 Å². The predicted octanol–water partition coefficient (Wildman–Crippen LogP) is -3.85. The molecule has 0 saturated heterocycles. The summed E-state index contributed by atoms with van der Waals surface area (Å²) in [6, 6.07) is 0. The first-order valence-corrected chi connectivity index (χ1v) is 2.83. The van der Waals surface area contributed by atoms with Gasteiger partial charge in [0.05, 0.1) is 0 Å². The second-order valence-electron chi connectivity index (χ2n) is 2.64. The van der Waals surface area contributed by atoms with Gasteiger partial charge in [-0.15, -0.1) is 0 Å². The van der Waals surface area contributed by atoms with Gasteiger partial charge in [-0.3, -0.25) is 0 Å². The number of hydrogen-bond acceptors (Lipinski definition) is 3. The third-order valence-corrected chi connectivity index (χ3v) is 1.29. The Morgan fingerprint density at radius 2 is 2.00 bits per heavy atom. The third kappa shape index (κ3) is 3.94. The van der Waals surface area contributed by atoms with Crippen LogP contribution in [0, 0.1) is 5.41 Å². The van der Waals surface area contributed by atoms with Gasteiger partial charge in [0.25, 0.3) is 0 Å². The number of aliphatic carboxylic acids is 1. The zero-order chi connectivity index (χ0) is 7.49. The Morgan fingerprint density at radius 1 is 1.60 bits per heavy atom. The van der Waals surface area contributed by atoms with Crippen LogP contribution in [0.2, 0.25) is 0 Å². The molecular formula is C6H11LiO3. The summed E-state index contributed by atoms with van der Waals surface area (Å²) in [5, 5.41) is 18.5. The number of hydrogen-bond donors (Lipinski definition) is 1. The Labute approximate surface area is 72.6 Å². The van der Waals surface area contributed by atoms with Crippen molar-refractivity contribution in [1.82, 2.24) is 0 Å². The maximum Gasteiger partial charge on any atom is 1.00 e.